The van der Waals surface area contributed by atoms with Crippen molar-refractivity contribution in [2.24, 2.45) is 0 Å². The SMILES string of the molecule is CC(O)COC1(C)CC1. The van der Waals surface area contributed by atoms with Gasteiger partial charge in [0.05, 0.1) is 18.3 Å². The molecule has 1 unspecified atom stereocenters. The molecule has 0 heterocycles. The van der Waals surface area contributed by atoms with Crippen LogP contribution in [0.5, 0.6) is 0 Å². The average Bonchev–Trinajstić information content (AvgIpc) is 2.45. The van der Waals surface area contributed by atoms with Gasteiger partial charge in [-0.05, 0) is 26.7 Å². The van der Waals surface area contributed by atoms with E-state index >= 15 is 0 Å². The highest BCUT2D eigenvalue weighted by Gasteiger charge is 2.38. The van der Waals surface area contributed by atoms with Crippen LogP contribution in [0.3, 0.4) is 0 Å². The normalized spacial score (nSPS) is 25.7. The molecule has 0 radical (unpaired) electrons. The Kier molecular flexibility index (Phi) is 1.78. The predicted octanol–water partition coefficient (Wildman–Crippen LogP) is 0.936. The van der Waals surface area contributed by atoms with E-state index in [1.54, 1.807) is 6.92 Å². The third-order valence-electron chi connectivity index (χ3n) is 1.63. The second-order valence-corrected chi connectivity index (χ2v) is 3.11. The van der Waals surface area contributed by atoms with Gasteiger partial charge in [0, 0.05) is 0 Å². The third-order valence-corrected chi connectivity index (χ3v) is 1.63. The average molecular weight is 130 g/mol. The van der Waals surface area contributed by atoms with Gasteiger partial charge in [-0.3, -0.25) is 0 Å². The van der Waals surface area contributed by atoms with E-state index in [9.17, 15) is 0 Å². The zero-order chi connectivity index (χ0) is 6.91. The fourth-order valence-corrected chi connectivity index (χ4v) is 0.642. The molecule has 0 bridgehead atoms. The second-order valence-electron chi connectivity index (χ2n) is 3.11. The first-order valence-corrected chi connectivity index (χ1v) is 3.44. The van der Waals surface area contributed by atoms with Crippen LogP contribution in [0.25, 0.3) is 0 Å². The van der Waals surface area contributed by atoms with E-state index in [0.717, 1.165) is 12.8 Å². The van der Waals surface area contributed by atoms with E-state index in [1.165, 1.54) is 0 Å². The van der Waals surface area contributed by atoms with Crippen LogP contribution in [0.1, 0.15) is 26.7 Å². The van der Waals surface area contributed by atoms with Crippen molar-refractivity contribution in [2.75, 3.05) is 6.61 Å². The minimum atomic E-state index is -0.317. The van der Waals surface area contributed by atoms with Crippen molar-refractivity contribution >= 4 is 0 Å². The first-order valence-electron chi connectivity index (χ1n) is 3.44. The van der Waals surface area contributed by atoms with Crippen molar-refractivity contribution < 1.29 is 9.84 Å². The molecule has 1 fully saturated rings. The lowest BCUT2D eigenvalue weighted by molar-refractivity contribution is -0.00847. The lowest BCUT2D eigenvalue weighted by Crippen LogP contribution is -2.17. The van der Waals surface area contributed by atoms with Crippen LogP contribution in [-0.4, -0.2) is 23.4 Å². The molecule has 0 aromatic carbocycles. The molecule has 1 saturated carbocycles. The van der Waals surface area contributed by atoms with E-state index in [2.05, 4.69) is 6.92 Å². The van der Waals surface area contributed by atoms with Gasteiger partial charge in [0.1, 0.15) is 0 Å². The van der Waals surface area contributed by atoms with Crippen molar-refractivity contribution in [2.45, 2.75) is 38.4 Å². The topological polar surface area (TPSA) is 29.5 Å². The molecule has 1 rings (SSSR count). The van der Waals surface area contributed by atoms with Crippen LogP contribution in [0, 0.1) is 0 Å². The van der Waals surface area contributed by atoms with Crippen molar-refractivity contribution in [3.63, 3.8) is 0 Å². The first kappa shape index (κ1) is 7.03. The number of aliphatic hydroxyl groups is 1. The number of hydrogen-bond acceptors (Lipinski definition) is 2. The molecule has 0 amide bonds. The third kappa shape index (κ3) is 2.33. The van der Waals surface area contributed by atoms with Crippen LogP contribution in [0.4, 0.5) is 0 Å². The highest BCUT2D eigenvalue weighted by molar-refractivity contribution is 4.90. The Balaban J connectivity index is 2.05. The lowest BCUT2D eigenvalue weighted by atomic mass is 10.4. The van der Waals surface area contributed by atoms with E-state index in [1.807, 2.05) is 0 Å². The van der Waals surface area contributed by atoms with Crippen molar-refractivity contribution in [3.8, 4) is 0 Å². The zero-order valence-electron chi connectivity index (χ0n) is 6.05. The molecule has 9 heavy (non-hydrogen) atoms. The quantitative estimate of drug-likeness (QED) is 0.616. The van der Waals surface area contributed by atoms with Gasteiger partial charge in [0.15, 0.2) is 0 Å². The fraction of sp³-hybridized carbons (Fsp3) is 1.00. The monoisotopic (exact) mass is 130 g/mol. The van der Waals surface area contributed by atoms with Gasteiger partial charge in [-0.2, -0.15) is 0 Å². The van der Waals surface area contributed by atoms with Gasteiger partial charge < -0.3 is 9.84 Å². The maximum absolute atomic E-state index is 8.82. The van der Waals surface area contributed by atoms with Crippen LogP contribution < -0.4 is 0 Å². The summed E-state index contributed by atoms with van der Waals surface area (Å²) in [4.78, 5) is 0. The number of rotatable bonds is 3. The van der Waals surface area contributed by atoms with Gasteiger partial charge in [0.25, 0.3) is 0 Å². The Morgan fingerprint density at radius 2 is 2.22 bits per heavy atom. The van der Waals surface area contributed by atoms with Gasteiger partial charge in [-0.25, -0.2) is 0 Å². The van der Waals surface area contributed by atoms with Gasteiger partial charge in [-0.15, -0.1) is 0 Å². The summed E-state index contributed by atoms with van der Waals surface area (Å²) < 4.78 is 5.35. The number of aliphatic hydroxyl groups excluding tert-OH is 1. The van der Waals surface area contributed by atoms with Crippen molar-refractivity contribution in [3.05, 3.63) is 0 Å². The van der Waals surface area contributed by atoms with E-state index in [-0.39, 0.29) is 11.7 Å². The predicted molar refractivity (Wildman–Crippen MR) is 35.3 cm³/mol. The van der Waals surface area contributed by atoms with Crippen LogP contribution >= 0.6 is 0 Å². The molecule has 0 aliphatic heterocycles. The Bertz CT molecular complexity index is 95.1. The summed E-state index contributed by atoms with van der Waals surface area (Å²) in [7, 11) is 0. The van der Waals surface area contributed by atoms with Crippen LogP contribution in [-0.2, 0) is 4.74 Å². The van der Waals surface area contributed by atoms with Crippen molar-refractivity contribution in [1.82, 2.24) is 0 Å². The molecular formula is C7H14O2. The number of ether oxygens (including phenoxy) is 1. The Hall–Kier alpha value is -0.0800. The Morgan fingerprint density at radius 1 is 1.67 bits per heavy atom. The Labute approximate surface area is 55.8 Å². The summed E-state index contributed by atoms with van der Waals surface area (Å²) in [5.74, 6) is 0. The highest BCUT2D eigenvalue weighted by atomic mass is 16.5. The van der Waals surface area contributed by atoms with Gasteiger partial charge >= 0.3 is 0 Å². The maximum Gasteiger partial charge on any atom is 0.0745 e. The minimum absolute atomic E-state index is 0.122. The molecule has 0 saturated heterocycles. The summed E-state index contributed by atoms with van der Waals surface area (Å²) >= 11 is 0. The first-order chi connectivity index (χ1) is 4.12. The molecule has 0 spiro atoms. The lowest BCUT2D eigenvalue weighted by Gasteiger charge is -2.11. The van der Waals surface area contributed by atoms with Crippen LogP contribution in [0.2, 0.25) is 0 Å². The second kappa shape index (κ2) is 2.27. The molecule has 1 N–H and O–H groups in total. The van der Waals surface area contributed by atoms with Crippen molar-refractivity contribution in [1.29, 1.82) is 0 Å². The smallest absolute Gasteiger partial charge is 0.0745 e. The molecule has 2 heteroatoms. The van der Waals surface area contributed by atoms with E-state index < -0.39 is 0 Å². The molecule has 1 aliphatic carbocycles. The van der Waals surface area contributed by atoms with Crippen LogP contribution in [0.15, 0.2) is 0 Å². The summed E-state index contributed by atoms with van der Waals surface area (Å²) in [6.45, 7) is 4.30. The largest absolute Gasteiger partial charge is 0.391 e. The minimum Gasteiger partial charge on any atom is -0.391 e. The van der Waals surface area contributed by atoms with Gasteiger partial charge in [-0.1, -0.05) is 0 Å². The molecule has 0 aromatic rings. The Morgan fingerprint density at radius 3 is 2.56 bits per heavy atom. The molecule has 1 aliphatic rings. The molecule has 1 atom stereocenters. The number of hydrogen-bond donors (Lipinski definition) is 1. The zero-order valence-corrected chi connectivity index (χ0v) is 6.05. The summed E-state index contributed by atoms with van der Waals surface area (Å²) in [6.07, 6.45) is 1.99. The molecule has 0 aromatic heterocycles. The standard InChI is InChI=1S/C7H14O2/c1-6(8)5-9-7(2)3-4-7/h6,8H,3-5H2,1-2H3. The summed E-state index contributed by atoms with van der Waals surface area (Å²) in [5.41, 5.74) is 0.122. The molecular weight excluding hydrogens is 116 g/mol. The fourth-order valence-electron chi connectivity index (χ4n) is 0.642. The van der Waals surface area contributed by atoms with Gasteiger partial charge in [0.2, 0.25) is 0 Å². The summed E-state index contributed by atoms with van der Waals surface area (Å²) in [6, 6.07) is 0. The highest BCUT2D eigenvalue weighted by Crippen LogP contribution is 2.38. The van der Waals surface area contributed by atoms with E-state index in [0.29, 0.717) is 6.61 Å². The van der Waals surface area contributed by atoms with E-state index in [4.69, 9.17) is 9.84 Å². The molecule has 54 valence electrons. The molecule has 2 nitrogen and oxygen atoms in total. The summed E-state index contributed by atoms with van der Waals surface area (Å²) in [5, 5.41) is 8.82. The maximum atomic E-state index is 8.82.